The molecule has 0 unspecified atom stereocenters. The Labute approximate surface area is 90.3 Å². The second-order valence-corrected chi connectivity index (χ2v) is 3.78. The summed E-state index contributed by atoms with van der Waals surface area (Å²) in [5.74, 6) is 0. The molecule has 0 aliphatic rings. The minimum Gasteiger partial charge on any atom is -0.399 e. The number of urea groups is 1. The molecule has 0 aliphatic carbocycles. The average molecular weight is 207 g/mol. The predicted molar refractivity (Wildman–Crippen MR) is 61.4 cm³/mol. The number of nitrogen functional groups attached to an aromatic ring is 1. The maximum absolute atomic E-state index is 11.6. The van der Waals surface area contributed by atoms with Crippen LogP contribution < -0.4 is 5.73 Å². The van der Waals surface area contributed by atoms with E-state index in [1.807, 2.05) is 24.3 Å². The number of nitrogens with two attached hydrogens (primary N) is 1. The molecule has 0 spiro atoms. The van der Waals surface area contributed by atoms with E-state index in [4.69, 9.17) is 5.73 Å². The van der Waals surface area contributed by atoms with E-state index >= 15 is 0 Å². The van der Waals surface area contributed by atoms with Gasteiger partial charge in [0.15, 0.2) is 0 Å². The van der Waals surface area contributed by atoms with E-state index in [9.17, 15) is 4.79 Å². The summed E-state index contributed by atoms with van der Waals surface area (Å²) in [5.41, 5.74) is 7.41. The first-order valence-electron chi connectivity index (χ1n) is 4.77. The molecule has 2 amide bonds. The molecule has 1 aromatic carbocycles. The first-order chi connectivity index (χ1) is 7.00. The third-order valence-electron chi connectivity index (χ3n) is 2.08. The number of hydrogen-bond donors (Lipinski definition) is 1. The van der Waals surface area contributed by atoms with Gasteiger partial charge >= 0.3 is 6.03 Å². The normalized spacial score (nSPS) is 9.80. The summed E-state index contributed by atoms with van der Waals surface area (Å²) in [4.78, 5) is 14.7. The van der Waals surface area contributed by atoms with Gasteiger partial charge in [0.25, 0.3) is 0 Å². The van der Waals surface area contributed by atoms with Crippen LogP contribution in [0, 0.1) is 0 Å². The summed E-state index contributed by atoms with van der Waals surface area (Å²) in [6.45, 7) is 0.571. The van der Waals surface area contributed by atoms with Crippen LogP contribution >= 0.6 is 0 Å². The molecule has 0 aliphatic heterocycles. The summed E-state index contributed by atoms with van der Waals surface area (Å²) in [7, 11) is 5.24. The molecular weight excluding hydrogens is 190 g/mol. The van der Waals surface area contributed by atoms with Crippen LogP contribution in [0.2, 0.25) is 0 Å². The second-order valence-electron chi connectivity index (χ2n) is 3.78. The Kier molecular flexibility index (Phi) is 3.55. The van der Waals surface area contributed by atoms with Crippen molar-refractivity contribution in [2.24, 2.45) is 0 Å². The van der Waals surface area contributed by atoms with Gasteiger partial charge in [-0.15, -0.1) is 0 Å². The van der Waals surface area contributed by atoms with Crippen molar-refractivity contribution in [2.45, 2.75) is 6.54 Å². The summed E-state index contributed by atoms with van der Waals surface area (Å²) < 4.78 is 0. The van der Waals surface area contributed by atoms with Crippen molar-refractivity contribution < 1.29 is 4.79 Å². The highest BCUT2D eigenvalue weighted by Crippen LogP contribution is 2.09. The fourth-order valence-electron chi connectivity index (χ4n) is 1.37. The van der Waals surface area contributed by atoms with Gasteiger partial charge in [-0.05, 0) is 17.7 Å². The molecule has 0 aromatic heterocycles. The van der Waals surface area contributed by atoms with Gasteiger partial charge in [-0.2, -0.15) is 0 Å². The van der Waals surface area contributed by atoms with Crippen molar-refractivity contribution in [3.05, 3.63) is 29.8 Å². The summed E-state index contributed by atoms with van der Waals surface area (Å²) in [6, 6.07) is 7.53. The lowest BCUT2D eigenvalue weighted by Crippen LogP contribution is -2.35. The predicted octanol–water partition coefficient (Wildman–Crippen LogP) is 1.38. The van der Waals surface area contributed by atoms with Crippen molar-refractivity contribution >= 4 is 11.7 Å². The Balaban J connectivity index is 2.66. The second kappa shape index (κ2) is 4.68. The SMILES string of the molecule is CN(C)C(=O)N(C)Cc1cccc(N)c1. The monoisotopic (exact) mass is 207 g/mol. The maximum Gasteiger partial charge on any atom is 0.319 e. The van der Waals surface area contributed by atoms with Crippen LogP contribution in [-0.2, 0) is 6.54 Å². The number of amides is 2. The van der Waals surface area contributed by atoms with Crippen molar-refractivity contribution in [1.82, 2.24) is 9.80 Å². The van der Waals surface area contributed by atoms with Gasteiger partial charge in [0.05, 0.1) is 0 Å². The first-order valence-corrected chi connectivity index (χ1v) is 4.77. The molecule has 1 rings (SSSR count). The number of anilines is 1. The third-order valence-corrected chi connectivity index (χ3v) is 2.08. The molecule has 0 saturated carbocycles. The van der Waals surface area contributed by atoms with Crippen LogP contribution in [0.25, 0.3) is 0 Å². The Morgan fingerprint density at radius 3 is 2.53 bits per heavy atom. The van der Waals surface area contributed by atoms with Crippen LogP contribution in [0.3, 0.4) is 0 Å². The lowest BCUT2D eigenvalue weighted by molar-refractivity contribution is 0.180. The highest BCUT2D eigenvalue weighted by atomic mass is 16.2. The van der Waals surface area contributed by atoms with E-state index in [2.05, 4.69) is 0 Å². The Morgan fingerprint density at radius 1 is 1.33 bits per heavy atom. The molecule has 0 heterocycles. The van der Waals surface area contributed by atoms with Gasteiger partial charge in [-0.3, -0.25) is 0 Å². The Bertz CT molecular complexity index is 349. The average Bonchev–Trinajstić information content (AvgIpc) is 2.16. The van der Waals surface area contributed by atoms with E-state index in [0.29, 0.717) is 6.54 Å². The lowest BCUT2D eigenvalue weighted by Gasteiger charge is -2.21. The van der Waals surface area contributed by atoms with Crippen molar-refractivity contribution in [2.75, 3.05) is 26.9 Å². The first kappa shape index (κ1) is 11.4. The number of nitrogens with zero attached hydrogens (tertiary/aromatic N) is 2. The Hall–Kier alpha value is -1.71. The molecule has 0 radical (unpaired) electrons. The van der Waals surface area contributed by atoms with Gasteiger partial charge in [0.1, 0.15) is 0 Å². The van der Waals surface area contributed by atoms with Gasteiger partial charge in [0, 0.05) is 33.4 Å². The van der Waals surface area contributed by atoms with Gasteiger partial charge in [-0.25, -0.2) is 4.79 Å². The largest absolute Gasteiger partial charge is 0.399 e. The summed E-state index contributed by atoms with van der Waals surface area (Å²) >= 11 is 0. The highest BCUT2D eigenvalue weighted by molar-refractivity contribution is 5.73. The molecule has 0 fully saturated rings. The van der Waals surface area contributed by atoms with Crippen molar-refractivity contribution in [3.63, 3.8) is 0 Å². The number of rotatable bonds is 2. The smallest absolute Gasteiger partial charge is 0.319 e. The highest BCUT2D eigenvalue weighted by Gasteiger charge is 2.10. The van der Waals surface area contributed by atoms with Crippen LogP contribution in [-0.4, -0.2) is 37.0 Å². The molecule has 82 valence electrons. The number of carbonyl (C=O) groups excluding carboxylic acids is 1. The molecule has 0 saturated heterocycles. The number of benzene rings is 1. The van der Waals surface area contributed by atoms with Crippen LogP contribution in [0.15, 0.2) is 24.3 Å². The fourth-order valence-corrected chi connectivity index (χ4v) is 1.37. The quantitative estimate of drug-likeness (QED) is 0.745. The van der Waals surface area contributed by atoms with Crippen LogP contribution in [0.4, 0.5) is 10.5 Å². The topological polar surface area (TPSA) is 49.6 Å². The van der Waals surface area contributed by atoms with E-state index < -0.39 is 0 Å². The maximum atomic E-state index is 11.6. The minimum absolute atomic E-state index is 0.0163. The number of hydrogen-bond acceptors (Lipinski definition) is 2. The molecule has 0 bridgehead atoms. The van der Waals surface area contributed by atoms with Crippen molar-refractivity contribution in [3.8, 4) is 0 Å². The van der Waals surface area contributed by atoms with Crippen molar-refractivity contribution in [1.29, 1.82) is 0 Å². The minimum atomic E-state index is -0.0163. The van der Waals surface area contributed by atoms with E-state index in [-0.39, 0.29) is 6.03 Å². The van der Waals surface area contributed by atoms with Crippen LogP contribution in [0.5, 0.6) is 0 Å². The molecule has 0 atom stereocenters. The zero-order chi connectivity index (χ0) is 11.4. The molecule has 2 N–H and O–H groups in total. The van der Waals surface area contributed by atoms with Gasteiger partial charge in [-0.1, -0.05) is 12.1 Å². The molecule has 15 heavy (non-hydrogen) atoms. The fraction of sp³-hybridized carbons (Fsp3) is 0.364. The third kappa shape index (κ3) is 3.16. The molecular formula is C11H17N3O. The lowest BCUT2D eigenvalue weighted by atomic mass is 10.2. The van der Waals surface area contributed by atoms with E-state index in [1.54, 1.807) is 30.9 Å². The number of carbonyl (C=O) groups is 1. The standard InChI is InChI=1S/C11H17N3O/c1-13(2)11(15)14(3)8-9-5-4-6-10(12)7-9/h4-7H,8,12H2,1-3H3. The van der Waals surface area contributed by atoms with Gasteiger partial charge < -0.3 is 15.5 Å². The summed E-state index contributed by atoms with van der Waals surface area (Å²) in [6.07, 6.45) is 0. The Morgan fingerprint density at radius 2 is 2.00 bits per heavy atom. The molecule has 4 heteroatoms. The van der Waals surface area contributed by atoms with Gasteiger partial charge in [0.2, 0.25) is 0 Å². The van der Waals surface area contributed by atoms with E-state index in [1.165, 1.54) is 0 Å². The van der Waals surface area contributed by atoms with E-state index in [0.717, 1.165) is 11.3 Å². The zero-order valence-electron chi connectivity index (χ0n) is 9.40. The van der Waals surface area contributed by atoms with Crippen LogP contribution in [0.1, 0.15) is 5.56 Å². The zero-order valence-corrected chi connectivity index (χ0v) is 9.40. The summed E-state index contributed by atoms with van der Waals surface area (Å²) in [5, 5.41) is 0. The molecule has 1 aromatic rings. The molecule has 4 nitrogen and oxygen atoms in total.